The molecular formula is C16H20BrN. The molecule has 0 unspecified atom stereocenters. The van der Waals surface area contributed by atoms with Crippen molar-refractivity contribution in [2.75, 3.05) is 0 Å². The van der Waals surface area contributed by atoms with E-state index in [1.807, 2.05) is 0 Å². The summed E-state index contributed by atoms with van der Waals surface area (Å²) in [6.45, 7) is 1.18. The molecule has 18 heavy (non-hydrogen) atoms. The third-order valence-electron chi connectivity index (χ3n) is 4.24. The van der Waals surface area contributed by atoms with Gasteiger partial charge in [-0.3, -0.25) is 0 Å². The molecule has 1 aliphatic carbocycles. The van der Waals surface area contributed by atoms with Crippen molar-refractivity contribution < 1.29 is 0 Å². The van der Waals surface area contributed by atoms with Gasteiger partial charge in [0.15, 0.2) is 0 Å². The first-order valence-electron chi connectivity index (χ1n) is 7.07. The molecule has 1 saturated carbocycles. The van der Waals surface area contributed by atoms with Crippen LogP contribution < -0.4 is 0 Å². The van der Waals surface area contributed by atoms with E-state index in [4.69, 9.17) is 0 Å². The van der Waals surface area contributed by atoms with Crippen LogP contribution >= 0.6 is 15.9 Å². The number of nitrogens with zero attached hydrogens (tertiary/aromatic N) is 1. The molecule has 1 aromatic heterocycles. The summed E-state index contributed by atoms with van der Waals surface area (Å²) in [5, 5.41) is 1.34. The maximum absolute atomic E-state index is 3.53. The van der Waals surface area contributed by atoms with Crippen LogP contribution in [0.4, 0.5) is 0 Å². The van der Waals surface area contributed by atoms with Crippen LogP contribution in [-0.4, -0.2) is 4.57 Å². The Morgan fingerprint density at radius 2 is 1.94 bits per heavy atom. The van der Waals surface area contributed by atoms with Gasteiger partial charge in [-0.15, -0.1) is 0 Å². The van der Waals surface area contributed by atoms with E-state index in [2.05, 4.69) is 51.0 Å². The Balaban J connectivity index is 1.70. The molecule has 2 heteroatoms. The molecule has 0 amide bonds. The van der Waals surface area contributed by atoms with Crippen molar-refractivity contribution in [3.8, 4) is 0 Å². The number of hydrogen-bond acceptors (Lipinski definition) is 0. The van der Waals surface area contributed by atoms with E-state index in [0.29, 0.717) is 0 Å². The first-order valence-corrected chi connectivity index (χ1v) is 7.86. The van der Waals surface area contributed by atoms with Crippen LogP contribution in [0.25, 0.3) is 10.9 Å². The van der Waals surface area contributed by atoms with Crippen molar-refractivity contribution in [2.45, 2.75) is 45.1 Å². The SMILES string of the molecule is Brc1ccc2c(ccn2CCC2CCCCC2)c1. The van der Waals surface area contributed by atoms with E-state index < -0.39 is 0 Å². The Hall–Kier alpha value is -0.760. The fourth-order valence-electron chi connectivity index (χ4n) is 3.16. The largest absolute Gasteiger partial charge is 0.347 e. The molecule has 3 rings (SSSR count). The molecule has 0 spiro atoms. The van der Waals surface area contributed by atoms with Crippen LogP contribution in [0.15, 0.2) is 34.9 Å². The zero-order valence-electron chi connectivity index (χ0n) is 10.7. The maximum atomic E-state index is 3.53. The fraction of sp³-hybridized carbons (Fsp3) is 0.500. The second-order valence-corrected chi connectivity index (χ2v) is 6.42. The Bertz CT molecular complexity index is 523. The number of rotatable bonds is 3. The van der Waals surface area contributed by atoms with Crippen LogP contribution in [0.5, 0.6) is 0 Å². The van der Waals surface area contributed by atoms with E-state index in [1.165, 1.54) is 60.4 Å². The molecule has 0 aliphatic heterocycles. The molecule has 1 aromatic carbocycles. The summed E-state index contributed by atoms with van der Waals surface area (Å²) in [4.78, 5) is 0. The molecule has 0 N–H and O–H groups in total. The van der Waals surface area contributed by atoms with E-state index in [0.717, 1.165) is 5.92 Å². The van der Waals surface area contributed by atoms with Gasteiger partial charge in [0.1, 0.15) is 0 Å². The quantitative estimate of drug-likeness (QED) is 0.718. The molecule has 0 saturated heterocycles. The minimum absolute atomic E-state index is 0.964. The molecule has 1 heterocycles. The van der Waals surface area contributed by atoms with Crippen molar-refractivity contribution in [3.05, 3.63) is 34.9 Å². The summed E-state index contributed by atoms with van der Waals surface area (Å²) in [5.74, 6) is 0.964. The van der Waals surface area contributed by atoms with E-state index in [1.54, 1.807) is 0 Å². The fourth-order valence-corrected chi connectivity index (χ4v) is 3.54. The number of halogens is 1. The smallest absolute Gasteiger partial charge is 0.0481 e. The first kappa shape index (κ1) is 12.3. The molecule has 0 bridgehead atoms. The number of fused-ring (bicyclic) bond motifs is 1. The summed E-state index contributed by atoms with van der Waals surface area (Å²) in [7, 11) is 0. The Morgan fingerprint density at radius 1 is 1.11 bits per heavy atom. The van der Waals surface area contributed by atoms with Crippen LogP contribution in [0, 0.1) is 5.92 Å². The molecule has 96 valence electrons. The lowest BCUT2D eigenvalue weighted by atomic mass is 9.87. The molecule has 1 nitrogen and oxygen atoms in total. The van der Waals surface area contributed by atoms with Crippen LogP contribution in [0.2, 0.25) is 0 Å². The average molecular weight is 306 g/mol. The average Bonchev–Trinajstić information content (AvgIpc) is 2.80. The summed E-state index contributed by atoms with van der Waals surface area (Å²) in [6, 6.07) is 8.78. The maximum Gasteiger partial charge on any atom is 0.0481 e. The topological polar surface area (TPSA) is 4.93 Å². The van der Waals surface area contributed by atoms with Gasteiger partial charge >= 0.3 is 0 Å². The Labute approximate surface area is 117 Å². The van der Waals surface area contributed by atoms with Gasteiger partial charge in [-0.2, -0.15) is 0 Å². The van der Waals surface area contributed by atoms with Crippen molar-refractivity contribution in [1.29, 1.82) is 0 Å². The van der Waals surface area contributed by atoms with Crippen LogP contribution in [0.3, 0.4) is 0 Å². The van der Waals surface area contributed by atoms with Gasteiger partial charge in [0.2, 0.25) is 0 Å². The summed E-state index contributed by atoms with van der Waals surface area (Å²) >= 11 is 3.53. The lowest BCUT2D eigenvalue weighted by molar-refractivity contribution is 0.325. The zero-order valence-corrected chi connectivity index (χ0v) is 12.3. The predicted octanol–water partition coefficient (Wildman–Crippen LogP) is 5.37. The Kier molecular flexibility index (Phi) is 3.74. The van der Waals surface area contributed by atoms with Crippen LogP contribution in [0.1, 0.15) is 38.5 Å². The number of aryl methyl sites for hydroxylation is 1. The molecule has 0 radical (unpaired) electrons. The molecule has 1 fully saturated rings. The van der Waals surface area contributed by atoms with Gasteiger partial charge in [0.25, 0.3) is 0 Å². The van der Waals surface area contributed by atoms with Gasteiger partial charge in [-0.1, -0.05) is 48.0 Å². The van der Waals surface area contributed by atoms with Crippen molar-refractivity contribution in [2.24, 2.45) is 5.92 Å². The highest BCUT2D eigenvalue weighted by molar-refractivity contribution is 9.10. The number of hydrogen-bond donors (Lipinski definition) is 0. The highest BCUT2D eigenvalue weighted by Gasteiger charge is 2.13. The third-order valence-corrected chi connectivity index (χ3v) is 4.73. The lowest BCUT2D eigenvalue weighted by Crippen LogP contribution is -2.09. The zero-order chi connectivity index (χ0) is 12.4. The lowest BCUT2D eigenvalue weighted by Gasteiger charge is -2.21. The highest BCUT2D eigenvalue weighted by Crippen LogP contribution is 2.28. The van der Waals surface area contributed by atoms with Gasteiger partial charge in [0.05, 0.1) is 0 Å². The summed E-state index contributed by atoms with van der Waals surface area (Å²) in [5.41, 5.74) is 1.37. The van der Waals surface area contributed by atoms with Crippen molar-refractivity contribution in [1.82, 2.24) is 4.57 Å². The first-order chi connectivity index (χ1) is 8.83. The third kappa shape index (κ3) is 2.64. The van der Waals surface area contributed by atoms with Crippen LogP contribution in [-0.2, 0) is 6.54 Å². The normalized spacial score (nSPS) is 17.4. The standard InChI is InChI=1S/C16H20BrN/c17-15-6-7-16-14(12-15)9-11-18(16)10-8-13-4-2-1-3-5-13/h6-7,9,11-13H,1-5,8,10H2. The highest BCUT2D eigenvalue weighted by atomic mass is 79.9. The molecule has 2 aromatic rings. The second kappa shape index (κ2) is 5.48. The van der Waals surface area contributed by atoms with E-state index >= 15 is 0 Å². The number of benzene rings is 1. The van der Waals surface area contributed by atoms with Gasteiger partial charge in [-0.25, -0.2) is 0 Å². The van der Waals surface area contributed by atoms with Gasteiger partial charge < -0.3 is 4.57 Å². The van der Waals surface area contributed by atoms with E-state index in [-0.39, 0.29) is 0 Å². The van der Waals surface area contributed by atoms with Gasteiger partial charge in [-0.05, 0) is 36.6 Å². The van der Waals surface area contributed by atoms with E-state index in [9.17, 15) is 0 Å². The van der Waals surface area contributed by atoms with Gasteiger partial charge in [0, 0.05) is 28.1 Å². The monoisotopic (exact) mass is 305 g/mol. The molecule has 0 atom stereocenters. The summed E-state index contributed by atoms with van der Waals surface area (Å²) in [6.07, 6.45) is 10.8. The minimum Gasteiger partial charge on any atom is -0.347 e. The van der Waals surface area contributed by atoms with Crippen molar-refractivity contribution >= 4 is 26.8 Å². The molecule has 1 aliphatic rings. The predicted molar refractivity (Wildman–Crippen MR) is 80.8 cm³/mol. The minimum atomic E-state index is 0.964. The Morgan fingerprint density at radius 3 is 2.78 bits per heavy atom. The number of aromatic nitrogens is 1. The van der Waals surface area contributed by atoms with Crippen molar-refractivity contribution in [3.63, 3.8) is 0 Å². The second-order valence-electron chi connectivity index (χ2n) is 5.50. The molecular weight excluding hydrogens is 286 g/mol. The summed E-state index contributed by atoms with van der Waals surface area (Å²) < 4.78 is 3.58.